The molecular formula is C8H10ClN3. The van der Waals surface area contributed by atoms with Crippen LogP contribution in [-0.2, 0) is 0 Å². The first-order valence-corrected chi connectivity index (χ1v) is 4.40. The summed E-state index contributed by atoms with van der Waals surface area (Å²) in [4.78, 5) is 0. The molecule has 1 N–H and O–H groups in total. The van der Waals surface area contributed by atoms with Crippen molar-refractivity contribution in [1.29, 1.82) is 0 Å². The van der Waals surface area contributed by atoms with Crippen molar-refractivity contribution in [2.75, 3.05) is 12.4 Å². The number of anilines is 1. The van der Waals surface area contributed by atoms with E-state index in [1.807, 2.05) is 13.1 Å². The van der Waals surface area contributed by atoms with Crippen LogP contribution in [0, 0.1) is 0 Å². The Kier molecular flexibility index (Phi) is 1.89. The van der Waals surface area contributed by atoms with Gasteiger partial charge in [-0.25, -0.2) is 0 Å². The summed E-state index contributed by atoms with van der Waals surface area (Å²) in [5, 5.41) is 11.2. The molecular weight excluding hydrogens is 174 g/mol. The normalized spacial score (nSPS) is 16.2. The molecule has 2 rings (SSSR count). The maximum atomic E-state index is 5.89. The molecule has 1 aliphatic rings. The highest BCUT2D eigenvalue weighted by Gasteiger charge is 2.26. The monoisotopic (exact) mass is 183 g/mol. The Balaban J connectivity index is 2.36. The fraction of sp³-hybridized carbons (Fsp3) is 0.500. The van der Waals surface area contributed by atoms with Crippen molar-refractivity contribution in [3.05, 3.63) is 16.8 Å². The van der Waals surface area contributed by atoms with Gasteiger partial charge in [-0.2, -0.15) is 0 Å². The van der Waals surface area contributed by atoms with E-state index in [2.05, 4.69) is 15.5 Å². The van der Waals surface area contributed by atoms with Gasteiger partial charge >= 0.3 is 0 Å². The van der Waals surface area contributed by atoms with Gasteiger partial charge in [0.1, 0.15) is 5.82 Å². The molecule has 1 aromatic heterocycles. The van der Waals surface area contributed by atoms with Crippen molar-refractivity contribution in [3.63, 3.8) is 0 Å². The van der Waals surface area contributed by atoms with Crippen LogP contribution in [0.15, 0.2) is 6.07 Å². The highest BCUT2D eigenvalue weighted by Crippen LogP contribution is 2.42. The van der Waals surface area contributed by atoms with Gasteiger partial charge in [-0.05, 0) is 30.4 Å². The fourth-order valence-electron chi connectivity index (χ4n) is 1.19. The molecule has 12 heavy (non-hydrogen) atoms. The van der Waals surface area contributed by atoms with Crippen LogP contribution in [0.4, 0.5) is 5.82 Å². The SMILES string of the molecule is CNc1cc(C2CC2)c(Cl)nn1. The van der Waals surface area contributed by atoms with Gasteiger partial charge in [-0.3, -0.25) is 0 Å². The summed E-state index contributed by atoms with van der Waals surface area (Å²) in [6, 6.07) is 1.98. The van der Waals surface area contributed by atoms with E-state index in [9.17, 15) is 0 Å². The third-order valence-electron chi connectivity index (χ3n) is 2.05. The number of nitrogens with one attached hydrogen (secondary N) is 1. The molecule has 0 bridgehead atoms. The Morgan fingerprint density at radius 3 is 2.83 bits per heavy atom. The Labute approximate surface area is 76.1 Å². The van der Waals surface area contributed by atoms with Crippen molar-refractivity contribution in [2.45, 2.75) is 18.8 Å². The Bertz CT molecular complexity index is 296. The third kappa shape index (κ3) is 1.37. The average Bonchev–Trinajstić information content (AvgIpc) is 2.88. The number of rotatable bonds is 2. The van der Waals surface area contributed by atoms with Gasteiger partial charge in [-0.1, -0.05) is 11.6 Å². The van der Waals surface area contributed by atoms with E-state index < -0.39 is 0 Å². The maximum absolute atomic E-state index is 5.89. The molecule has 64 valence electrons. The number of halogens is 1. The first-order valence-electron chi connectivity index (χ1n) is 4.02. The van der Waals surface area contributed by atoms with Crippen molar-refractivity contribution in [2.24, 2.45) is 0 Å². The first kappa shape index (κ1) is 7.80. The van der Waals surface area contributed by atoms with Gasteiger partial charge in [0.25, 0.3) is 0 Å². The molecule has 4 heteroatoms. The lowest BCUT2D eigenvalue weighted by Crippen LogP contribution is -1.97. The quantitative estimate of drug-likeness (QED) is 0.763. The zero-order valence-electron chi connectivity index (χ0n) is 6.84. The summed E-state index contributed by atoms with van der Waals surface area (Å²) < 4.78 is 0. The minimum atomic E-state index is 0.552. The lowest BCUT2D eigenvalue weighted by molar-refractivity contribution is 0.980. The first-order chi connectivity index (χ1) is 5.81. The van der Waals surface area contributed by atoms with Gasteiger partial charge in [0.2, 0.25) is 0 Å². The highest BCUT2D eigenvalue weighted by atomic mass is 35.5. The van der Waals surface area contributed by atoms with Crippen molar-refractivity contribution in [3.8, 4) is 0 Å². The molecule has 0 unspecified atom stereocenters. The van der Waals surface area contributed by atoms with Crippen LogP contribution >= 0.6 is 11.6 Å². The minimum Gasteiger partial charge on any atom is -0.372 e. The van der Waals surface area contributed by atoms with Crippen LogP contribution in [0.5, 0.6) is 0 Å². The molecule has 1 aromatic rings. The third-order valence-corrected chi connectivity index (χ3v) is 2.34. The van der Waals surface area contributed by atoms with Crippen LogP contribution in [0.25, 0.3) is 0 Å². The van der Waals surface area contributed by atoms with Gasteiger partial charge in [-0.15, -0.1) is 10.2 Å². The van der Waals surface area contributed by atoms with Gasteiger partial charge in [0, 0.05) is 7.05 Å². The summed E-state index contributed by atoms with van der Waals surface area (Å²) in [6.45, 7) is 0. The molecule has 1 saturated carbocycles. The lowest BCUT2D eigenvalue weighted by atomic mass is 10.2. The molecule has 1 heterocycles. The van der Waals surface area contributed by atoms with Gasteiger partial charge in [0.05, 0.1) is 0 Å². The van der Waals surface area contributed by atoms with Crippen LogP contribution < -0.4 is 5.32 Å². The molecule has 0 aromatic carbocycles. The van der Waals surface area contributed by atoms with Crippen molar-refractivity contribution >= 4 is 17.4 Å². The fourth-order valence-corrected chi connectivity index (χ4v) is 1.44. The molecule has 0 atom stereocenters. The largest absolute Gasteiger partial charge is 0.372 e. The highest BCUT2D eigenvalue weighted by molar-refractivity contribution is 6.30. The zero-order valence-corrected chi connectivity index (χ0v) is 7.60. The van der Waals surface area contributed by atoms with E-state index in [-0.39, 0.29) is 0 Å². The summed E-state index contributed by atoms with van der Waals surface area (Å²) in [5.74, 6) is 1.42. The second-order valence-corrected chi connectivity index (χ2v) is 3.36. The molecule has 0 saturated heterocycles. The van der Waals surface area contributed by atoms with Crippen molar-refractivity contribution < 1.29 is 0 Å². The molecule has 0 spiro atoms. The lowest BCUT2D eigenvalue weighted by Gasteiger charge is -2.02. The number of aromatic nitrogens is 2. The maximum Gasteiger partial charge on any atom is 0.155 e. The Morgan fingerprint density at radius 2 is 2.25 bits per heavy atom. The molecule has 1 fully saturated rings. The van der Waals surface area contributed by atoms with E-state index in [1.54, 1.807) is 0 Å². The van der Waals surface area contributed by atoms with Crippen LogP contribution in [0.1, 0.15) is 24.3 Å². The van der Waals surface area contributed by atoms with Crippen LogP contribution in [-0.4, -0.2) is 17.2 Å². The zero-order chi connectivity index (χ0) is 8.55. The van der Waals surface area contributed by atoms with Crippen molar-refractivity contribution in [1.82, 2.24) is 10.2 Å². The predicted octanol–water partition coefficient (Wildman–Crippen LogP) is 2.05. The number of hydrogen-bond donors (Lipinski definition) is 1. The van der Waals surface area contributed by atoms with E-state index in [0.717, 1.165) is 11.4 Å². The molecule has 0 aliphatic heterocycles. The van der Waals surface area contributed by atoms with E-state index >= 15 is 0 Å². The summed E-state index contributed by atoms with van der Waals surface area (Å²) in [5.41, 5.74) is 1.14. The van der Waals surface area contributed by atoms with E-state index in [4.69, 9.17) is 11.6 Å². The number of nitrogens with zero attached hydrogens (tertiary/aromatic N) is 2. The Hall–Kier alpha value is -0.830. The van der Waals surface area contributed by atoms with Crippen LogP contribution in [0.2, 0.25) is 5.15 Å². The molecule has 0 amide bonds. The van der Waals surface area contributed by atoms with Crippen LogP contribution in [0.3, 0.4) is 0 Å². The minimum absolute atomic E-state index is 0.552. The second-order valence-electron chi connectivity index (χ2n) is 3.00. The molecule has 3 nitrogen and oxygen atoms in total. The van der Waals surface area contributed by atoms with E-state index in [1.165, 1.54) is 12.8 Å². The second kappa shape index (κ2) is 2.90. The Morgan fingerprint density at radius 1 is 1.50 bits per heavy atom. The van der Waals surface area contributed by atoms with E-state index in [0.29, 0.717) is 11.1 Å². The summed E-state index contributed by atoms with van der Waals surface area (Å²) >= 11 is 5.89. The smallest absolute Gasteiger partial charge is 0.155 e. The topological polar surface area (TPSA) is 37.8 Å². The number of hydrogen-bond acceptors (Lipinski definition) is 3. The molecule has 1 aliphatic carbocycles. The van der Waals surface area contributed by atoms with Gasteiger partial charge in [0.15, 0.2) is 5.15 Å². The molecule has 0 radical (unpaired) electrons. The predicted molar refractivity (Wildman–Crippen MR) is 48.6 cm³/mol. The standard InChI is InChI=1S/C8H10ClN3/c1-10-7-4-6(5-2-3-5)8(9)12-11-7/h4-5H,2-3H2,1H3,(H,10,11). The summed E-state index contributed by atoms with van der Waals surface area (Å²) in [6.07, 6.45) is 2.46. The average molecular weight is 184 g/mol. The van der Waals surface area contributed by atoms with Gasteiger partial charge < -0.3 is 5.32 Å². The summed E-state index contributed by atoms with van der Waals surface area (Å²) in [7, 11) is 1.83.